The fourth-order valence-electron chi connectivity index (χ4n) is 3.06. The van der Waals surface area contributed by atoms with Gasteiger partial charge in [0.05, 0.1) is 12.3 Å². The zero-order valence-electron chi connectivity index (χ0n) is 14.6. The Balaban J connectivity index is 1.94. The summed E-state index contributed by atoms with van der Waals surface area (Å²) < 4.78 is 7.69. The molecule has 2 aromatic carbocycles. The second-order valence-corrected chi connectivity index (χ2v) is 6.83. The Morgan fingerprint density at radius 2 is 1.92 bits per heavy atom. The van der Waals surface area contributed by atoms with Gasteiger partial charge in [-0.1, -0.05) is 42.0 Å². The third kappa shape index (κ3) is 2.70. The minimum absolute atomic E-state index is 0.561. The van der Waals surface area contributed by atoms with Gasteiger partial charge < -0.3 is 4.74 Å². The molecule has 0 bridgehead atoms. The number of imidazole rings is 1. The van der Waals surface area contributed by atoms with Crippen LogP contribution in [0.5, 0.6) is 5.75 Å². The van der Waals surface area contributed by atoms with Gasteiger partial charge in [-0.2, -0.15) is 0 Å². The zero-order chi connectivity index (χ0) is 18.1. The van der Waals surface area contributed by atoms with E-state index < -0.39 is 0 Å². The van der Waals surface area contributed by atoms with Gasteiger partial charge in [0.2, 0.25) is 0 Å². The topological polar surface area (TPSA) is 43.6 Å². The molecule has 0 spiro atoms. The Kier molecular flexibility index (Phi) is 4.31. The number of fused-ring (bicyclic) bond motifs is 1. The summed E-state index contributed by atoms with van der Waals surface area (Å²) in [6.45, 7) is 4.59. The molecule has 130 valence electrons. The number of aromatic nitrogens is 2. The van der Waals surface area contributed by atoms with E-state index in [2.05, 4.69) is 0 Å². The molecule has 0 aliphatic rings. The van der Waals surface area contributed by atoms with Crippen LogP contribution in [0.15, 0.2) is 53.9 Å². The van der Waals surface area contributed by atoms with Crippen LogP contribution in [0.2, 0.25) is 0 Å². The van der Waals surface area contributed by atoms with Gasteiger partial charge in [0.25, 0.3) is 0 Å². The van der Waals surface area contributed by atoms with E-state index in [1.54, 1.807) is 0 Å². The Hall–Kier alpha value is -2.92. The lowest BCUT2D eigenvalue weighted by Gasteiger charge is -2.09. The molecule has 0 saturated heterocycles. The second-order valence-electron chi connectivity index (χ2n) is 6.00. The van der Waals surface area contributed by atoms with Crippen LogP contribution in [0.1, 0.15) is 23.0 Å². The third-order valence-corrected chi connectivity index (χ3v) is 5.12. The van der Waals surface area contributed by atoms with Crippen molar-refractivity contribution in [1.82, 2.24) is 9.38 Å². The predicted molar refractivity (Wildman–Crippen MR) is 105 cm³/mol. The van der Waals surface area contributed by atoms with Gasteiger partial charge in [-0.05, 0) is 26.0 Å². The maximum atomic E-state index is 11.9. The highest BCUT2D eigenvalue weighted by molar-refractivity contribution is 7.15. The minimum atomic E-state index is 0.561. The molecular weight excluding hydrogens is 344 g/mol. The highest BCUT2D eigenvalue weighted by atomic mass is 32.1. The second kappa shape index (κ2) is 6.77. The Morgan fingerprint density at radius 3 is 2.65 bits per heavy atom. The lowest BCUT2D eigenvalue weighted by molar-refractivity contribution is 0.111. The largest absolute Gasteiger partial charge is 0.493 e. The van der Waals surface area contributed by atoms with Gasteiger partial charge in [0.1, 0.15) is 17.1 Å². The summed E-state index contributed by atoms with van der Waals surface area (Å²) in [6, 6.07) is 15.9. The molecule has 5 heteroatoms. The summed E-state index contributed by atoms with van der Waals surface area (Å²) in [7, 11) is 0. The molecule has 0 saturated carbocycles. The smallest absolute Gasteiger partial charge is 0.195 e. The normalized spacial score (nSPS) is 11.0. The first-order valence-electron chi connectivity index (χ1n) is 8.47. The number of aryl methyl sites for hydroxylation is 1. The third-order valence-electron chi connectivity index (χ3n) is 4.30. The molecule has 0 radical (unpaired) electrons. The number of ether oxygens (including phenoxy) is 1. The van der Waals surface area contributed by atoms with Crippen molar-refractivity contribution >= 4 is 22.6 Å². The molecule has 0 aliphatic heterocycles. The number of thiazole rings is 1. The Bertz CT molecular complexity index is 1080. The number of nitrogens with zero attached hydrogens (tertiary/aromatic N) is 2. The number of aldehydes is 1. The van der Waals surface area contributed by atoms with Crippen molar-refractivity contribution in [3.63, 3.8) is 0 Å². The fourth-order valence-corrected chi connectivity index (χ4v) is 3.96. The predicted octanol–water partition coefficient (Wildman–Crippen LogP) is 5.25. The first-order valence-corrected chi connectivity index (χ1v) is 9.35. The van der Waals surface area contributed by atoms with Crippen molar-refractivity contribution in [1.29, 1.82) is 0 Å². The Labute approximate surface area is 155 Å². The van der Waals surface area contributed by atoms with E-state index in [1.807, 2.05) is 72.2 Å². The van der Waals surface area contributed by atoms with Crippen LogP contribution < -0.4 is 4.74 Å². The average Bonchev–Trinajstić information content (AvgIpc) is 3.22. The first-order chi connectivity index (χ1) is 12.7. The zero-order valence-corrected chi connectivity index (χ0v) is 15.4. The van der Waals surface area contributed by atoms with Crippen LogP contribution >= 0.6 is 11.3 Å². The molecule has 0 unspecified atom stereocenters. The van der Waals surface area contributed by atoms with Gasteiger partial charge in [-0.25, -0.2) is 4.98 Å². The van der Waals surface area contributed by atoms with Gasteiger partial charge in [0, 0.05) is 16.5 Å². The number of benzene rings is 2. The van der Waals surface area contributed by atoms with Crippen LogP contribution in [0.25, 0.3) is 27.5 Å². The van der Waals surface area contributed by atoms with E-state index in [1.165, 1.54) is 16.9 Å². The lowest BCUT2D eigenvalue weighted by Crippen LogP contribution is -1.97. The Morgan fingerprint density at radius 1 is 1.15 bits per heavy atom. The highest BCUT2D eigenvalue weighted by Crippen LogP contribution is 2.36. The molecule has 26 heavy (non-hydrogen) atoms. The summed E-state index contributed by atoms with van der Waals surface area (Å²) in [6.07, 6.45) is 0.884. The molecule has 0 amide bonds. The van der Waals surface area contributed by atoms with E-state index in [4.69, 9.17) is 9.72 Å². The monoisotopic (exact) mass is 362 g/mol. The van der Waals surface area contributed by atoms with Crippen molar-refractivity contribution in [3.05, 3.63) is 65.2 Å². The van der Waals surface area contributed by atoms with E-state index in [9.17, 15) is 4.79 Å². The summed E-state index contributed by atoms with van der Waals surface area (Å²) in [4.78, 5) is 17.5. The summed E-state index contributed by atoms with van der Waals surface area (Å²) in [5, 5.41) is 2.02. The van der Waals surface area contributed by atoms with Crippen molar-refractivity contribution in [3.8, 4) is 28.3 Å². The quantitative estimate of drug-likeness (QED) is 0.456. The molecule has 0 atom stereocenters. The molecule has 0 fully saturated rings. The lowest BCUT2D eigenvalue weighted by atomic mass is 10.1. The van der Waals surface area contributed by atoms with Crippen molar-refractivity contribution < 1.29 is 9.53 Å². The highest BCUT2D eigenvalue weighted by Gasteiger charge is 2.20. The average molecular weight is 362 g/mol. The number of hydrogen-bond donors (Lipinski definition) is 0. The van der Waals surface area contributed by atoms with Gasteiger partial charge >= 0.3 is 0 Å². The molecule has 4 nitrogen and oxygen atoms in total. The van der Waals surface area contributed by atoms with Gasteiger partial charge in [-0.3, -0.25) is 9.20 Å². The molecule has 4 rings (SSSR count). The summed E-state index contributed by atoms with van der Waals surface area (Å²) >= 11 is 1.52. The number of hydrogen-bond acceptors (Lipinski definition) is 4. The van der Waals surface area contributed by atoms with Crippen LogP contribution in [0.4, 0.5) is 0 Å². The first kappa shape index (κ1) is 16.5. The van der Waals surface area contributed by atoms with E-state index in [0.717, 1.165) is 33.8 Å². The van der Waals surface area contributed by atoms with Crippen LogP contribution in [0.3, 0.4) is 0 Å². The van der Waals surface area contributed by atoms with Crippen molar-refractivity contribution in [2.75, 3.05) is 6.61 Å². The van der Waals surface area contributed by atoms with E-state index in [0.29, 0.717) is 18.0 Å². The maximum absolute atomic E-state index is 11.9. The van der Waals surface area contributed by atoms with E-state index in [-0.39, 0.29) is 0 Å². The molecular formula is C21H18N2O2S. The molecule has 4 aromatic rings. The number of rotatable bonds is 5. The van der Waals surface area contributed by atoms with Gasteiger partial charge in [-0.15, -0.1) is 11.3 Å². The van der Waals surface area contributed by atoms with Gasteiger partial charge in [0.15, 0.2) is 11.2 Å². The SMILES string of the molecule is CCOc1ccccc1-c1csc2nc(-c3ccc(C)cc3)c(C=O)n12. The minimum Gasteiger partial charge on any atom is -0.493 e. The summed E-state index contributed by atoms with van der Waals surface area (Å²) in [5.41, 5.74) is 5.26. The molecule has 0 aliphatic carbocycles. The van der Waals surface area contributed by atoms with Crippen LogP contribution in [-0.2, 0) is 0 Å². The van der Waals surface area contributed by atoms with Crippen LogP contribution in [-0.4, -0.2) is 22.3 Å². The molecule has 2 heterocycles. The fraction of sp³-hybridized carbons (Fsp3) is 0.143. The molecule has 2 aromatic heterocycles. The number of carbonyl (C=O) groups excluding carboxylic acids is 1. The van der Waals surface area contributed by atoms with Crippen molar-refractivity contribution in [2.45, 2.75) is 13.8 Å². The maximum Gasteiger partial charge on any atom is 0.195 e. The van der Waals surface area contributed by atoms with Crippen LogP contribution in [0, 0.1) is 6.92 Å². The number of carbonyl (C=O) groups is 1. The standard InChI is InChI=1S/C21H18N2O2S/c1-3-25-19-7-5-4-6-16(19)18-13-26-21-22-20(17(12-24)23(18)21)15-10-8-14(2)9-11-15/h4-13H,3H2,1-2H3. The van der Waals surface area contributed by atoms with E-state index >= 15 is 0 Å². The van der Waals surface area contributed by atoms with Crippen molar-refractivity contribution in [2.24, 2.45) is 0 Å². The number of para-hydroxylation sites is 1. The molecule has 0 N–H and O–H groups in total. The summed E-state index contributed by atoms with van der Waals surface area (Å²) in [5.74, 6) is 0.803.